The van der Waals surface area contributed by atoms with Crippen LogP contribution in [0.5, 0.6) is 0 Å². The van der Waals surface area contributed by atoms with Crippen LogP contribution in [0.15, 0.2) is 0 Å². The molecule has 0 aromatic heterocycles. The van der Waals surface area contributed by atoms with Gasteiger partial charge in [-0.25, -0.2) is 0 Å². The highest BCUT2D eigenvalue weighted by atomic mass is 16.3. The van der Waals surface area contributed by atoms with Crippen LogP contribution in [0.1, 0.15) is 53.4 Å². The third kappa shape index (κ3) is 3.97. The maximum atomic E-state index is 9.96. The first-order valence-electron chi connectivity index (χ1n) is 5.94. The fourth-order valence-corrected chi connectivity index (χ4v) is 1.84. The van der Waals surface area contributed by atoms with Crippen LogP contribution in [0.2, 0.25) is 0 Å². The molecule has 0 aliphatic rings. The molecule has 0 heterocycles. The topological polar surface area (TPSA) is 40.5 Å². The van der Waals surface area contributed by atoms with Crippen molar-refractivity contribution in [2.75, 3.05) is 0 Å². The quantitative estimate of drug-likeness (QED) is 0.666. The lowest BCUT2D eigenvalue weighted by Gasteiger charge is -2.29. The molecule has 0 aliphatic carbocycles. The fourth-order valence-electron chi connectivity index (χ4n) is 1.84. The highest BCUT2D eigenvalue weighted by molar-refractivity contribution is 4.78. The summed E-state index contributed by atoms with van der Waals surface area (Å²) in [5.41, 5.74) is 0. The molecule has 0 bridgehead atoms. The van der Waals surface area contributed by atoms with Crippen molar-refractivity contribution in [2.45, 2.75) is 65.6 Å². The van der Waals surface area contributed by atoms with Gasteiger partial charge in [0.15, 0.2) is 0 Å². The Hall–Kier alpha value is -0.0800. The van der Waals surface area contributed by atoms with E-state index in [1.54, 1.807) is 0 Å². The van der Waals surface area contributed by atoms with Gasteiger partial charge in [-0.15, -0.1) is 0 Å². The molecule has 14 heavy (non-hydrogen) atoms. The van der Waals surface area contributed by atoms with Crippen LogP contribution in [0.25, 0.3) is 0 Å². The van der Waals surface area contributed by atoms with E-state index in [1.807, 2.05) is 13.8 Å². The van der Waals surface area contributed by atoms with Crippen LogP contribution in [-0.4, -0.2) is 22.4 Å². The van der Waals surface area contributed by atoms with E-state index in [1.165, 1.54) is 0 Å². The molecule has 0 aromatic carbocycles. The van der Waals surface area contributed by atoms with Crippen molar-refractivity contribution >= 4 is 0 Å². The molecular formula is C12H26O2. The van der Waals surface area contributed by atoms with Crippen LogP contribution in [0, 0.1) is 11.8 Å². The summed E-state index contributed by atoms with van der Waals surface area (Å²) in [7, 11) is 0. The van der Waals surface area contributed by atoms with Crippen molar-refractivity contribution in [3.63, 3.8) is 0 Å². The normalized spacial score (nSPS) is 20.1. The molecule has 4 unspecified atom stereocenters. The molecule has 2 heteroatoms. The first kappa shape index (κ1) is 13.9. The second-order valence-corrected chi connectivity index (χ2v) is 4.32. The molecule has 0 saturated carbocycles. The number of aliphatic hydroxyl groups is 2. The Balaban J connectivity index is 4.17. The minimum Gasteiger partial charge on any atom is -0.390 e. The zero-order chi connectivity index (χ0) is 11.1. The third-order valence-electron chi connectivity index (χ3n) is 3.24. The van der Waals surface area contributed by atoms with Gasteiger partial charge in [0, 0.05) is 0 Å². The predicted octanol–water partition coefficient (Wildman–Crippen LogP) is 2.58. The SMILES string of the molecule is CCCC(CC)C(O)C(O)C(C)CC. The number of hydrogen-bond donors (Lipinski definition) is 2. The number of aliphatic hydroxyl groups excluding tert-OH is 2. The van der Waals surface area contributed by atoms with E-state index in [4.69, 9.17) is 0 Å². The second-order valence-electron chi connectivity index (χ2n) is 4.32. The average Bonchev–Trinajstić information content (AvgIpc) is 2.22. The van der Waals surface area contributed by atoms with Gasteiger partial charge >= 0.3 is 0 Å². The maximum Gasteiger partial charge on any atom is 0.0829 e. The highest BCUT2D eigenvalue weighted by Gasteiger charge is 2.27. The molecule has 0 fully saturated rings. The summed E-state index contributed by atoms with van der Waals surface area (Å²) in [5.74, 6) is 0.444. The molecule has 0 spiro atoms. The lowest BCUT2D eigenvalue weighted by Crippen LogP contribution is -2.37. The van der Waals surface area contributed by atoms with Gasteiger partial charge < -0.3 is 10.2 Å². The third-order valence-corrected chi connectivity index (χ3v) is 3.24. The van der Waals surface area contributed by atoms with E-state index in [9.17, 15) is 10.2 Å². The molecule has 0 saturated heterocycles. The zero-order valence-corrected chi connectivity index (χ0v) is 10.0. The lowest BCUT2D eigenvalue weighted by atomic mass is 9.85. The first-order chi connectivity index (χ1) is 6.58. The van der Waals surface area contributed by atoms with Gasteiger partial charge in [-0.3, -0.25) is 0 Å². The zero-order valence-electron chi connectivity index (χ0n) is 10.0. The summed E-state index contributed by atoms with van der Waals surface area (Å²) in [6.45, 7) is 8.23. The van der Waals surface area contributed by atoms with Gasteiger partial charge in [-0.05, 0) is 18.3 Å². The Morgan fingerprint density at radius 3 is 1.86 bits per heavy atom. The minimum atomic E-state index is -0.559. The Kier molecular flexibility index (Phi) is 7.20. The Morgan fingerprint density at radius 1 is 0.929 bits per heavy atom. The molecule has 0 aromatic rings. The number of rotatable bonds is 7. The van der Waals surface area contributed by atoms with E-state index in [2.05, 4.69) is 13.8 Å². The second kappa shape index (κ2) is 7.24. The summed E-state index contributed by atoms with van der Waals surface area (Å²) < 4.78 is 0. The van der Waals surface area contributed by atoms with Crippen molar-refractivity contribution < 1.29 is 10.2 Å². The van der Waals surface area contributed by atoms with Crippen molar-refractivity contribution in [1.82, 2.24) is 0 Å². The molecule has 0 amide bonds. The molecule has 0 rings (SSSR count). The van der Waals surface area contributed by atoms with Crippen molar-refractivity contribution in [1.29, 1.82) is 0 Å². The Labute approximate surface area is 88.3 Å². The van der Waals surface area contributed by atoms with Crippen LogP contribution in [0.4, 0.5) is 0 Å². The largest absolute Gasteiger partial charge is 0.390 e. The fraction of sp³-hybridized carbons (Fsp3) is 1.00. The summed E-state index contributed by atoms with van der Waals surface area (Å²) in [4.78, 5) is 0. The molecule has 86 valence electrons. The smallest absolute Gasteiger partial charge is 0.0829 e. The minimum absolute atomic E-state index is 0.191. The van der Waals surface area contributed by atoms with Crippen LogP contribution < -0.4 is 0 Å². The van der Waals surface area contributed by atoms with E-state index >= 15 is 0 Å². The summed E-state index contributed by atoms with van der Waals surface area (Å²) in [6, 6.07) is 0. The van der Waals surface area contributed by atoms with Crippen molar-refractivity contribution in [3.8, 4) is 0 Å². The van der Waals surface area contributed by atoms with Gasteiger partial charge in [0.1, 0.15) is 0 Å². The number of hydrogen-bond acceptors (Lipinski definition) is 2. The van der Waals surface area contributed by atoms with Crippen LogP contribution in [-0.2, 0) is 0 Å². The molecule has 0 aliphatic heterocycles. The van der Waals surface area contributed by atoms with Crippen molar-refractivity contribution in [2.24, 2.45) is 11.8 Å². The maximum absolute atomic E-state index is 9.96. The molecule has 4 atom stereocenters. The Bertz CT molecular complexity index is 134. The Morgan fingerprint density at radius 2 is 1.50 bits per heavy atom. The molecule has 2 nitrogen and oxygen atoms in total. The van der Waals surface area contributed by atoms with Crippen molar-refractivity contribution in [3.05, 3.63) is 0 Å². The summed E-state index contributed by atoms with van der Waals surface area (Å²) in [6.07, 6.45) is 2.84. The highest BCUT2D eigenvalue weighted by Crippen LogP contribution is 2.22. The van der Waals surface area contributed by atoms with E-state index in [0.717, 1.165) is 25.7 Å². The van der Waals surface area contributed by atoms with Gasteiger partial charge in [-0.1, -0.05) is 47.0 Å². The standard InChI is InChI=1S/C12H26O2/c1-5-8-10(7-3)12(14)11(13)9(4)6-2/h9-14H,5-8H2,1-4H3. The summed E-state index contributed by atoms with van der Waals surface area (Å²) in [5, 5.41) is 19.8. The molecule has 0 radical (unpaired) electrons. The van der Waals surface area contributed by atoms with E-state index in [-0.39, 0.29) is 11.8 Å². The van der Waals surface area contributed by atoms with Crippen LogP contribution >= 0.6 is 0 Å². The molecular weight excluding hydrogens is 176 g/mol. The monoisotopic (exact) mass is 202 g/mol. The first-order valence-corrected chi connectivity index (χ1v) is 5.94. The van der Waals surface area contributed by atoms with Crippen LogP contribution in [0.3, 0.4) is 0 Å². The van der Waals surface area contributed by atoms with Gasteiger partial charge in [-0.2, -0.15) is 0 Å². The van der Waals surface area contributed by atoms with E-state index in [0.29, 0.717) is 0 Å². The molecule has 2 N–H and O–H groups in total. The predicted molar refractivity (Wildman–Crippen MR) is 60.2 cm³/mol. The van der Waals surface area contributed by atoms with Gasteiger partial charge in [0.05, 0.1) is 12.2 Å². The van der Waals surface area contributed by atoms with E-state index < -0.39 is 12.2 Å². The summed E-state index contributed by atoms with van der Waals surface area (Å²) >= 11 is 0. The lowest BCUT2D eigenvalue weighted by molar-refractivity contribution is -0.0474. The van der Waals surface area contributed by atoms with Gasteiger partial charge in [0.25, 0.3) is 0 Å². The average molecular weight is 202 g/mol. The van der Waals surface area contributed by atoms with Gasteiger partial charge in [0.2, 0.25) is 0 Å².